The topological polar surface area (TPSA) is 33.0 Å². The van der Waals surface area contributed by atoms with E-state index in [0.29, 0.717) is 5.56 Å². The lowest BCUT2D eigenvalue weighted by Gasteiger charge is -2.08. The molecule has 2 aromatic carbocycles. The molecule has 0 spiro atoms. The molecule has 19 heavy (non-hydrogen) atoms. The van der Waals surface area contributed by atoms with E-state index in [0.717, 1.165) is 5.56 Å². The number of rotatable bonds is 3. The average molecular weight is 259 g/mol. The Kier molecular flexibility index (Phi) is 3.76. The molecule has 0 amide bonds. The summed E-state index contributed by atoms with van der Waals surface area (Å²) in [5.41, 5.74) is 1.44. The molecule has 0 aliphatic carbocycles. The number of aryl methyl sites for hydroxylation is 1. The molecule has 0 aromatic heterocycles. The molecule has 2 nitrogen and oxygen atoms in total. The molecule has 2 aromatic rings. The molecule has 2 rings (SSSR count). The van der Waals surface area contributed by atoms with Crippen molar-refractivity contribution in [2.75, 3.05) is 0 Å². The predicted molar refractivity (Wildman–Crippen MR) is 66.6 cm³/mol. The monoisotopic (exact) mass is 259 g/mol. The van der Waals surface area contributed by atoms with Crippen LogP contribution in [0.15, 0.2) is 36.4 Å². The Hall–Kier alpha value is -2.41. The van der Waals surface area contributed by atoms with Crippen LogP contribution in [0.5, 0.6) is 5.75 Å². The SMILES string of the molecule is Cc1ccc(F)c(OCc2ccc(F)c(C#N)c2)c1. The Morgan fingerprint density at radius 2 is 1.84 bits per heavy atom. The molecule has 0 bridgehead atoms. The van der Waals surface area contributed by atoms with Crippen molar-refractivity contribution in [2.45, 2.75) is 13.5 Å². The van der Waals surface area contributed by atoms with Crippen LogP contribution in [-0.2, 0) is 6.61 Å². The van der Waals surface area contributed by atoms with E-state index in [1.807, 2.05) is 6.92 Å². The van der Waals surface area contributed by atoms with Gasteiger partial charge in [-0.15, -0.1) is 0 Å². The van der Waals surface area contributed by atoms with Gasteiger partial charge >= 0.3 is 0 Å². The third kappa shape index (κ3) is 3.08. The maximum Gasteiger partial charge on any atom is 0.165 e. The number of nitriles is 1. The Bertz CT molecular complexity index is 647. The summed E-state index contributed by atoms with van der Waals surface area (Å²) in [6, 6.07) is 10.4. The molecule has 0 saturated heterocycles. The highest BCUT2D eigenvalue weighted by Gasteiger charge is 2.06. The van der Waals surface area contributed by atoms with Crippen molar-refractivity contribution in [3.8, 4) is 11.8 Å². The van der Waals surface area contributed by atoms with Gasteiger partial charge in [-0.05, 0) is 42.3 Å². The largest absolute Gasteiger partial charge is 0.486 e. The molecule has 0 atom stereocenters. The van der Waals surface area contributed by atoms with Crippen LogP contribution in [0.3, 0.4) is 0 Å². The molecule has 0 unspecified atom stereocenters. The predicted octanol–water partition coefficient (Wildman–Crippen LogP) is 3.72. The first-order chi connectivity index (χ1) is 9.10. The summed E-state index contributed by atoms with van der Waals surface area (Å²) < 4.78 is 31.9. The van der Waals surface area contributed by atoms with Crippen molar-refractivity contribution in [1.82, 2.24) is 0 Å². The van der Waals surface area contributed by atoms with Crippen molar-refractivity contribution < 1.29 is 13.5 Å². The second-order valence-corrected chi connectivity index (χ2v) is 4.15. The van der Waals surface area contributed by atoms with Crippen LogP contribution in [0.1, 0.15) is 16.7 Å². The quantitative estimate of drug-likeness (QED) is 0.841. The van der Waals surface area contributed by atoms with Gasteiger partial charge in [-0.1, -0.05) is 12.1 Å². The van der Waals surface area contributed by atoms with E-state index in [1.54, 1.807) is 18.2 Å². The third-order valence-electron chi connectivity index (χ3n) is 2.63. The zero-order valence-electron chi connectivity index (χ0n) is 10.3. The van der Waals surface area contributed by atoms with Gasteiger partial charge in [0.05, 0.1) is 5.56 Å². The average Bonchev–Trinajstić information content (AvgIpc) is 2.41. The second kappa shape index (κ2) is 5.49. The summed E-state index contributed by atoms with van der Waals surface area (Å²) in [6.45, 7) is 1.91. The highest BCUT2D eigenvalue weighted by atomic mass is 19.1. The van der Waals surface area contributed by atoms with E-state index in [2.05, 4.69) is 0 Å². The van der Waals surface area contributed by atoms with Gasteiger partial charge < -0.3 is 4.74 Å². The van der Waals surface area contributed by atoms with Crippen molar-refractivity contribution in [1.29, 1.82) is 5.26 Å². The number of halogens is 2. The normalized spacial score (nSPS) is 10.0. The molecule has 0 saturated carbocycles. The van der Waals surface area contributed by atoms with Gasteiger partial charge in [-0.2, -0.15) is 5.26 Å². The maximum atomic E-state index is 13.4. The first-order valence-electron chi connectivity index (χ1n) is 5.67. The summed E-state index contributed by atoms with van der Waals surface area (Å²) in [4.78, 5) is 0. The number of benzene rings is 2. The van der Waals surface area contributed by atoms with Gasteiger partial charge in [0.2, 0.25) is 0 Å². The van der Waals surface area contributed by atoms with E-state index in [4.69, 9.17) is 10.00 Å². The van der Waals surface area contributed by atoms with Crippen LogP contribution in [-0.4, -0.2) is 0 Å². The summed E-state index contributed by atoms with van der Waals surface area (Å²) in [5, 5.41) is 8.72. The molecule has 0 N–H and O–H groups in total. The molecule has 96 valence electrons. The van der Waals surface area contributed by atoms with Gasteiger partial charge in [-0.3, -0.25) is 0 Å². The highest BCUT2D eigenvalue weighted by Crippen LogP contribution is 2.20. The van der Waals surface area contributed by atoms with Crippen LogP contribution in [0.4, 0.5) is 8.78 Å². The lowest BCUT2D eigenvalue weighted by molar-refractivity contribution is 0.290. The zero-order chi connectivity index (χ0) is 13.8. The van der Waals surface area contributed by atoms with Gasteiger partial charge in [0.1, 0.15) is 18.5 Å². The maximum absolute atomic E-state index is 13.4. The Labute approximate surface area is 109 Å². The van der Waals surface area contributed by atoms with Crippen molar-refractivity contribution in [3.63, 3.8) is 0 Å². The fourth-order valence-electron chi connectivity index (χ4n) is 1.63. The fraction of sp³-hybridized carbons (Fsp3) is 0.133. The third-order valence-corrected chi connectivity index (χ3v) is 2.63. The van der Waals surface area contributed by atoms with E-state index in [9.17, 15) is 8.78 Å². The van der Waals surface area contributed by atoms with E-state index in [-0.39, 0.29) is 17.9 Å². The van der Waals surface area contributed by atoms with Gasteiger partial charge in [0.15, 0.2) is 11.6 Å². The van der Waals surface area contributed by atoms with Crippen LogP contribution >= 0.6 is 0 Å². The van der Waals surface area contributed by atoms with Crippen LogP contribution in [0.2, 0.25) is 0 Å². The highest BCUT2D eigenvalue weighted by molar-refractivity contribution is 5.35. The van der Waals surface area contributed by atoms with Crippen molar-refractivity contribution in [3.05, 3.63) is 64.7 Å². The van der Waals surface area contributed by atoms with Crippen LogP contribution < -0.4 is 4.74 Å². The Morgan fingerprint density at radius 3 is 2.58 bits per heavy atom. The second-order valence-electron chi connectivity index (χ2n) is 4.15. The van der Waals surface area contributed by atoms with E-state index in [1.165, 1.54) is 24.3 Å². The summed E-state index contributed by atoms with van der Waals surface area (Å²) in [5.74, 6) is -0.885. The van der Waals surface area contributed by atoms with Crippen molar-refractivity contribution >= 4 is 0 Å². The molecule has 0 heterocycles. The molecular formula is C15H11F2NO. The Balaban J connectivity index is 2.15. The lowest BCUT2D eigenvalue weighted by Crippen LogP contribution is -1.99. The molecule has 0 aliphatic rings. The Morgan fingerprint density at radius 1 is 1.11 bits per heavy atom. The minimum absolute atomic E-state index is 0.0502. The number of hydrogen-bond donors (Lipinski definition) is 0. The molecular weight excluding hydrogens is 248 g/mol. The smallest absolute Gasteiger partial charge is 0.165 e. The van der Waals surface area contributed by atoms with Gasteiger partial charge in [-0.25, -0.2) is 8.78 Å². The summed E-state index contributed by atoms with van der Waals surface area (Å²) >= 11 is 0. The minimum atomic E-state index is -0.576. The standard InChI is InChI=1S/C15H11F2NO/c1-10-2-4-14(17)15(6-10)19-9-11-3-5-13(16)12(7-11)8-18/h2-7H,9H2,1H3. The zero-order valence-corrected chi connectivity index (χ0v) is 10.3. The first-order valence-corrected chi connectivity index (χ1v) is 5.67. The van der Waals surface area contributed by atoms with E-state index < -0.39 is 11.6 Å². The lowest BCUT2D eigenvalue weighted by atomic mass is 10.1. The molecule has 0 radical (unpaired) electrons. The van der Waals surface area contributed by atoms with Gasteiger partial charge in [0, 0.05) is 0 Å². The summed E-state index contributed by atoms with van der Waals surface area (Å²) in [7, 11) is 0. The molecule has 0 fully saturated rings. The number of hydrogen-bond acceptors (Lipinski definition) is 2. The number of ether oxygens (including phenoxy) is 1. The minimum Gasteiger partial charge on any atom is -0.486 e. The molecule has 0 aliphatic heterocycles. The van der Waals surface area contributed by atoms with Crippen LogP contribution in [0.25, 0.3) is 0 Å². The summed E-state index contributed by atoms with van der Waals surface area (Å²) in [6.07, 6.45) is 0. The van der Waals surface area contributed by atoms with Gasteiger partial charge in [0.25, 0.3) is 0 Å². The van der Waals surface area contributed by atoms with Crippen molar-refractivity contribution in [2.24, 2.45) is 0 Å². The van der Waals surface area contributed by atoms with E-state index >= 15 is 0 Å². The number of nitrogens with zero attached hydrogens (tertiary/aromatic N) is 1. The first kappa shape index (κ1) is 13.0. The fourth-order valence-corrected chi connectivity index (χ4v) is 1.63. The molecule has 4 heteroatoms. The van der Waals surface area contributed by atoms with Crippen LogP contribution in [0, 0.1) is 29.9 Å².